The van der Waals surface area contributed by atoms with Gasteiger partial charge in [-0.3, -0.25) is 9.69 Å². The lowest BCUT2D eigenvalue weighted by Gasteiger charge is -2.35. The molecule has 0 amide bonds. The van der Waals surface area contributed by atoms with Gasteiger partial charge in [0.1, 0.15) is 5.82 Å². The first-order valence-electron chi connectivity index (χ1n) is 8.70. The van der Waals surface area contributed by atoms with E-state index >= 15 is 0 Å². The van der Waals surface area contributed by atoms with Gasteiger partial charge in [0.2, 0.25) is 0 Å². The number of fused-ring (bicyclic) bond motifs is 1. The van der Waals surface area contributed by atoms with Gasteiger partial charge in [0.05, 0.1) is 0 Å². The Kier molecular flexibility index (Phi) is 4.24. The van der Waals surface area contributed by atoms with Crippen LogP contribution in [0.25, 0.3) is 10.9 Å². The Balaban J connectivity index is 1.44. The van der Waals surface area contributed by atoms with E-state index in [9.17, 15) is 4.79 Å². The van der Waals surface area contributed by atoms with Crippen molar-refractivity contribution in [2.45, 2.75) is 13.5 Å². The lowest BCUT2D eigenvalue weighted by atomic mass is 10.1. The van der Waals surface area contributed by atoms with E-state index in [1.807, 2.05) is 31.3 Å². The SMILES string of the molecule is Cc1cc2ccc(CN3CCN(c4ccccn4)CC3)cc2[nH]c1=O. The molecule has 0 atom stereocenters. The van der Waals surface area contributed by atoms with Crippen LogP contribution in [0, 0.1) is 6.92 Å². The molecule has 1 aliphatic rings. The van der Waals surface area contributed by atoms with Crippen LogP contribution in [0.4, 0.5) is 5.82 Å². The van der Waals surface area contributed by atoms with E-state index < -0.39 is 0 Å². The largest absolute Gasteiger partial charge is 0.354 e. The van der Waals surface area contributed by atoms with E-state index in [4.69, 9.17) is 0 Å². The van der Waals surface area contributed by atoms with Crippen molar-refractivity contribution >= 4 is 16.7 Å². The fraction of sp³-hybridized carbons (Fsp3) is 0.300. The Morgan fingerprint density at radius 3 is 2.68 bits per heavy atom. The molecule has 3 heterocycles. The van der Waals surface area contributed by atoms with Crippen LogP contribution in [0.15, 0.2) is 53.5 Å². The number of anilines is 1. The van der Waals surface area contributed by atoms with Crippen molar-refractivity contribution in [1.82, 2.24) is 14.9 Å². The number of H-pyrrole nitrogens is 1. The highest BCUT2D eigenvalue weighted by molar-refractivity contribution is 5.79. The van der Waals surface area contributed by atoms with Crippen LogP contribution in [-0.4, -0.2) is 41.0 Å². The third-order valence-electron chi connectivity index (χ3n) is 4.85. The van der Waals surface area contributed by atoms with Crippen LogP contribution in [0.1, 0.15) is 11.1 Å². The minimum Gasteiger partial charge on any atom is -0.354 e. The van der Waals surface area contributed by atoms with E-state index in [2.05, 4.69) is 44.0 Å². The van der Waals surface area contributed by atoms with E-state index in [1.54, 1.807) is 0 Å². The predicted molar refractivity (Wildman–Crippen MR) is 101 cm³/mol. The maximum atomic E-state index is 11.8. The Hall–Kier alpha value is -2.66. The predicted octanol–water partition coefficient (Wildman–Crippen LogP) is 2.55. The molecule has 128 valence electrons. The van der Waals surface area contributed by atoms with Gasteiger partial charge in [0.15, 0.2) is 0 Å². The average molecular weight is 334 g/mol. The first kappa shape index (κ1) is 15.8. The lowest BCUT2D eigenvalue weighted by molar-refractivity contribution is 0.249. The van der Waals surface area contributed by atoms with Gasteiger partial charge in [-0.05, 0) is 42.1 Å². The standard InChI is InChI=1S/C20H22N4O/c1-15-12-17-6-5-16(13-18(17)22-20(15)25)14-23-8-10-24(11-9-23)19-4-2-3-7-21-19/h2-7,12-13H,8-11,14H2,1H3,(H,22,25). The third kappa shape index (κ3) is 3.42. The first-order chi connectivity index (χ1) is 12.2. The zero-order valence-electron chi connectivity index (χ0n) is 14.4. The molecule has 1 N–H and O–H groups in total. The molecule has 1 aromatic carbocycles. The molecule has 1 fully saturated rings. The van der Waals surface area contributed by atoms with Gasteiger partial charge < -0.3 is 9.88 Å². The van der Waals surface area contributed by atoms with Crippen LogP contribution >= 0.6 is 0 Å². The molecule has 5 nitrogen and oxygen atoms in total. The number of benzene rings is 1. The second-order valence-electron chi connectivity index (χ2n) is 6.65. The summed E-state index contributed by atoms with van der Waals surface area (Å²) in [5.41, 5.74) is 2.90. The summed E-state index contributed by atoms with van der Waals surface area (Å²) in [4.78, 5) is 24.0. The zero-order valence-corrected chi connectivity index (χ0v) is 14.4. The molecule has 0 bridgehead atoms. The summed E-state index contributed by atoms with van der Waals surface area (Å²) < 4.78 is 0. The number of aromatic nitrogens is 2. The number of pyridine rings is 2. The first-order valence-corrected chi connectivity index (χ1v) is 8.70. The number of rotatable bonds is 3. The summed E-state index contributed by atoms with van der Waals surface area (Å²) in [6.07, 6.45) is 1.85. The van der Waals surface area contributed by atoms with Crippen molar-refractivity contribution in [1.29, 1.82) is 0 Å². The number of piperazine rings is 1. The third-order valence-corrected chi connectivity index (χ3v) is 4.85. The quantitative estimate of drug-likeness (QED) is 0.800. The second-order valence-corrected chi connectivity index (χ2v) is 6.65. The highest BCUT2D eigenvalue weighted by Gasteiger charge is 2.18. The summed E-state index contributed by atoms with van der Waals surface area (Å²) in [6, 6.07) is 14.3. The lowest BCUT2D eigenvalue weighted by Crippen LogP contribution is -2.46. The van der Waals surface area contributed by atoms with Crippen molar-refractivity contribution in [2.24, 2.45) is 0 Å². The van der Waals surface area contributed by atoms with Gasteiger partial charge in [0, 0.05) is 50.0 Å². The van der Waals surface area contributed by atoms with Crippen molar-refractivity contribution in [3.8, 4) is 0 Å². The molecule has 3 aromatic rings. The smallest absolute Gasteiger partial charge is 0.251 e. The topological polar surface area (TPSA) is 52.2 Å². The molecule has 1 saturated heterocycles. The van der Waals surface area contributed by atoms with Crippen LogP contribution in [-0.2, 0) is 6.54 Å². The summed E-state index contributed by atoms with van der Waals surface area (Å²) in [7, 11) is 0. The van der Waals surface area contributed by atoms with Crippen LogP contribution in [0.2, 0.25) is 0 Å². The van der Waals surface area contributed by atoms with Crippen LogP contribution < -0.4 is 10.5 Å². The summed E-state index contributed by atoms with van der Waals surface area (Å²) in [5.74, 6) is 1.06. The molecule has 0 unspecified atom stereocenters. The molecular formula is C20H22N4O. The van der Waals surface area contributed by atoms with Crippen molar-refractivity contribution in [3.63, 3.8) is 0 Å². The highest BCUT2D eigenvalue weighted by Crippen LogP contribution is 2.17. The highest BCUT2D eigenvalue weighted by atomic mass is 16.1. The zero-order chi connectivity index (χ0) is 17.2. The second kappa shape index (κ2) is 6.69. The van der Waals surface area contributed by atoms with E-state index in [-0.39, 0.29) is 5.56 Å². The Labute approximate surface area is 146 Å². The number of hydrogen-bond acceptors (Lipinski definition) is 4. The molecule has 1 aliphatic heterocycles. The normalized spacial score (nSPS) is 15.6. The van der Waals surface area contributed by atoms with Gasteiger partial charge >= 0.3 is 0 Å². The molecular weight excluding hydrogens is 312 g/mol. The van der Waals surface area contributed by atoms with Crippen molar-refractivity contribution in [3.05, 3.63) is 70.1 Å². The molecule has 0 radical (unpaired) electrons. The van der Waals surface area contributed by atoms with Gasteiger partial charge in [0.25, 0.3) is 5.56 Å². The Morgan fingerprint density at radius 2 is 1.92 bits per heavy atom. The molecule has 2 aromatic heterocycles. The van der Waals surface area contributed by atoms with Gasteiger partial charge in [-0.2, -0.15) is 0 Å². The minimum absolute atomic E-state index is 0.00590. The maximum Gasteiger partial charge on any atom is 0.251 e. The van der Waals surface area contributed by atoms with Gasteiger partial charge in [-0.1, -0.05) is 18.2 Å². The molecule has 0 spiro atoms. The monoisotopic (exact) mass is 334 g/mol. The fourth-order valence-electron chi connectivity index (χ4n) is 3.39. The van der Waals surface area contributed by atoms with Gasteiger partial charge in [-0.15, -0.1) is 0 Å². The minimum atomic E-state index is -0.00590. The summed E-state index contributed by atoms with van der Waals surface area (Å²) >= 11 is 0. The summed E-state index contributed by atoms with van der Waals surface area (Å²) in [5, 5.41) is 1.08. The number of hydrogen-bond donors (Lipinski definition) is 1. The average Bonchev–Trinajstić information content (AvgIpc) is 2.64. The fourth-order valence-corrected chi connectivity index (χ4v) is 3.39. The van der Waals surface area contributed by atoms with Crippen molar-refractivity contribution in [2.75, 3.05) is 31.1 Å². The Bertz CT molecular complexity index is 927. The molecule has 25 heavy (non-hydrogen) atoms. The summed E-state index contributed by atoms with van der Waals surface area (Å²) in [6.45, 7) is 6.74. The Morgan fingerprint density at radius 1 is 1.08 bits per heavy atom. The number of aryl methyl sites for hydroxylation is 1. The molecule has 0 saturated carbocycles. The number of nitrogens with zero attached hydrogens (tertiary/aromatic N) is 3. The number of aromatic amines is 1. The molecule has 5 heteroatoms. The van der Waals surface area contributed by atoms with Crippen LogP contribution in [0.3, 0.4) is 0 Å². The van der Waals surface area contributed by atoms with E-state index in [0.717, 1.165) is 55.0 Å². The van der Waals surface area contributed by atoms with Crippen molar-refractivity contribution < 1.29 is 0 Å². The van der Waals surface area contributed by atoms with Gasteiger partial charge in [-0.25, -0.2) is 4.98 Å². The van der Waals surface area contributed by atoms with Crippen LogP contribution in [0.5, 0.6) is 0 Å². The number of nitrogens with one attached hydrogen (secondary N) is 1. The molecule has 4 rings (SSSR count). The van der Waals surface area contributed by atoms with E-state index in [1.165, 1.54) is 5.56 Å². The maximum absolute atomic E-state index is 11.8. The van der Waals surface area contributed by atoms with E-state index in [0.29, 0.717) is 0 Å². The molecule has 0 aliphatic carbocycles.